The molecule has 3 rings (SSSR count). The predicted octanol–water partition coefficient (Wildman–Crippen LogP) is 1.36. The van der Waals surface area contributed by atoms with Gasteiger partial charge in [0.05, 0.1) is 5.52 Å². The van der Waals surface area contributed by atoms with Crippen molar-refractivity contribution in [3.8, 4) is 0 Å². The minimum absolute atomic E-state index is 0.0155. The monoisotopic (exact) mass is 286 g/mol. The Kier molecular flexibility index (Phi) is 3.37. The maximum atomic E-state index is 12.2. The first-order valence-electron chi connectivity index (χ1n) is 7.15. The van der Waals surface area contributed by atoms with E-state index < -0.39 is 0 Å². The summed E-state index contributed by atoms with van der Waals surface area (Å²) >= 11 is 0. The number of hydrogen-bond donors (Lipinski definition) is 2. The topological polar surface area (TPSA) is 75.5 Å². The molecule has 0 atom stereocenters. The quantitative estimate of drug-likeness (QED) is 0.891. The molecule has 2 N–H and O–H groups in total. The van der Waals surface area contributed by atoms with Crippen LogP contribution in [0.5, 0.6) is 0 Å². The second kappa shape index (κ2) is 5.20. The van der Waals surface area contributed by atoms with E-state index in [1.807, 2.05) is 26.0 Å². The van der Waals surface area contributed by atoms with Crippen molar-refractivity contribution in [1.29, 1.82) is 0 Å². The van der Waals surface area contributed by atoms with E-state index >= 15 is 0 Å². The van der Waals surface area contributed by atoms with Crippen molar-refractivity contribution in [1.82, 2.24) is 20.0 Å². The van der Waals surface area contributed by atoms with Gasteiger partial charge in [-0.3, -0.25) is 14.0 Å². The predicted molar refractivity (Wildman–Crippen MR) is 78.3 cm³/mol. The third-order valence-corrected chi connectivity index (χ3v) is 3.30. The van der Waals surface area contributed by atoms with Crippen LogP contribution in [0.25, 0.3) is 5.52 Å². The van der Waals surface area contributed by atoms with E-state index in [-0.39, 0.29) is 35.4 Å². The first-order chi connectivity index (χ1) is 10.1. The number of nitrogens with one attached hydrogen (secondary N) is 2. The lowest BCUT2D eigenvalue weighted by atomic mass is 10.3. The number of pyridine rings is 1. The van der Waals surface area contributed by atoms with Crippen LogP contribution in [0.4, 0.5) is 0 Å². The minimum atomic E-state index is -0.265. The summed E-state index contributed by atoms with van der Waals surface area (Å²) in [6.45, 7) is 3.77. The molecule has 6 nitrogen and oxygen atoms in total. The number of rotatable bonds is 4. The zero-order valence-electron chi connectivity index (χ0n) is 12.1. The Hall–Kier alpha value is -2.37. The van der Waals surface area contributed by atoms with Crippen LogP contribution in [0.3, 0.4) is 0 Å². The number of fused-ring (bicyclic) bond motifs is 1. The lowest BCUT2D eigenvalue weighted by Gasteiger charge is -2.06. The highest BCUT2D eigenvalue weighted by Gasteiger charge is 2.27. The Labute approximate surface area is 122 Å². The van der Waals surface area contributed by atoms with Crippen molar-refractivity contribution in [2.75, 3.05) is 0 Å². The van der Waals surface area contributed by atoms with E-state index in [0.29, 0.717) is 5.52 Å². The molecule has 0 unspecified atom stereocenters. The Bertz CT molecular complexity index is 651. The van der Waals surface area contributed by atoms with Gasteiger partial charge in [0.1, 0.15) is 0 Å². The van der Waals surface area contributed by atoms with Gasteiger partial charge in [-0.25, -0.2) is 4.98 Å². The van der Waals surface area contributed by atoms with E-state index in [9.17, 15) is 9.59 Å². The molecular formula is C15H18N4O2. The number of carbonyl (C=O) groups is 2. The molecule has 0 bridgehead atoms. The minimum Gasteiger partial charge on any atom is -0.348 e. The molecule has 0 spiro atoms. The third-order valence-electron chi connectivity index (χ3n) is 3.30. The summed E-state index contributed by atoms with van der Waals surface area (Å²) in [6, 6.07) is 5.69. The van der Waals surface area contributed by atoms with Gasteiger partial charge in [0.2, 0.25) is 5.82 Å². The van der Waals surface area contributed by atoms with Crippen molar-refractivity contribution in [3.63, 3.8) is 0 Å². The molecule has 0 radical (unpaired) electrons. The van der Waals surface area contributed by atoms with Crippen molar-refractivity contribution < 1.29 is 9.59 Å². The Morgan fingerprint density at radius 1 is 1.29 bits per heavy atom. The number of imidazole rings is 1. The fourth-order valence-electron chi connectivity index (χ4n) is 2.17. The third kappa shape index (κ3) is 2.74. The molecule has 0 saturated heterocycles. The molecule has 2 heterocycles. The van der Waals surface area contributed by atoms with E-state index in [1.54, 1.807) is 16.7 Å². The first-order valence-corrected chi connectivity index (χ1v) is 7.15. The standard InChI is InChI=1S/C15H18N4O2/c1-9(2)16-14(20)12-11-5-3-4-8-19(11)13(18-12)15(21)17-10-6-7-10/h3-5,8-10H,6-7H2,1-2H3,(H,16,20)(H,17,21). The molecule has 2 aromatic rings. The molecule has 1 saturated carbocycles. The zero-order valence-corrected chi connectivity index (χ0v) is 12.1. The number of hydrogen-bond acceptors (Lipinski definition) is 3. The summed E-state index contributed by atoms with van der Waals surface area (Å²) in [5.74, 6) is -0.243. The number of nitrogens with zero attached hydrogens (tertiary/aromatic N) is 2. The Morgan fingerprint density at radius 3 is 2.71 bits per heavy atom. The van der Waals surface area contributed by atoms with Gasteiger partial charge in [-0.2, -0.15) is 0 Å². The van der Waals surface area contributed by atoms with Crippen LogP contribution in [0, 0.1) is 0 Å². The smallest absolute Gasteiger partial charge is 0.287 e. The molecule has 6 heteroatoms. The average molecular weight is 286 g/mol. The van der Waals surface area contributed by atoms with Crippen LogP contribution >= 0.6 is 0 Å². The number of amides is 2. The van der Waals surface area contributed by atoms with Gasteiger partial charge >= 0.3 is 0 Å². The van der Waals surface area contributed by atoms with Crippen LogP contribution in [0.15, 0.2) is 24.4 Å². The summed E-state index contributed by atoms with van der Waals surface area (Å²) in [5.41, 5.74) is 0.918. The van der Waals surface area contributed by atoms with Gasteiger partial charge in [0.15, 0.2) is 5.69 Å². The van der Waals surface area contributed by atoms with Crippen LogP contribution in [0.2, 0.25) is 0 Å². The number of aromatic nitrogens is 2. The lowest BCUT2D eigenvalue weighted by Crippen LogP contribution is -2.31. The van der Waals surface area contributed by atoms with Gasteiger partial charge in [-0.1, -0.05) is 6.07 Å². The molecule has 1 aliphatic carbocycles. The lowest BCUT2D eigenvalue weighted by molar-refractivity contribution is 0.0939. The fourth-order valence-corrected chi connectivity index (χ4v) is 2.17. The van der Waals surface area contributed by atoms with Crippen molar-refractivity contribution in [2.45, 2.75) is 38.8 Å². The van der Waals surface area contributed by atoms with Gasteiger partial charge in [-0.15, -0.1) is 0 Å². The fraction of sp³-hybridized carbons (Fsp3) is 0.400. The second-order valence-electron chi connectivity index (χ2n) is 5.62. The van der Waals surface area contributed by atoms with Crippen LogP contribution in [0.1, 0.15) is 47.8 Å². The normalized spacial score (nSPS) is 14.4. The molecule has 1 fully saturated rings. The van der Waals surface area contributed by atoms with Gasteiger partial charge in [0.25, 0.3) is 11.8 Å². The number of carbonyl (C=O) groups excluding carboxylic acids is 2. The summed E-state index contributed by atoms with van der Waals surface area (Å²) in [4.78, 5) is 28.7. The Morgan fingerprint density at radius 2 is 2.05 bits per heavy atom. The van der Waals surface area contributed by atoms with E-state index in [4.69, 9.17) is 0 Å². The summed E-state index contributed by atoms with van der Waals surface area (Å²) in [7, 11) is 0. The van der Waals surface area contributed by atoms with Gasteiger partial charge in [-0.05, 0) is 38.8 Å². The van der Waals surface area contributed by atoms with Crippen molar-refractivity contribution in [2.24, 2.45) is 0 Å². The highest BCUT2D eigenvalue weighted by Crippen LogP contribution is 2.20. The molecule has 1 aliphatic rings. The second-order valence-corrected chi connectivity index (χ2v) is 5.62. The molecule has 110 valence electrons. The largest absolute Gasteiger partial charge is 0.348 e. The Balaban J connectivity index is 2.00. The average Bonchev–Trinajstić information content (AvgIpc) is 3.16. The van der Waals surface area contributed by atoms with Crippen LogP contribution in [-0.2, 0) is 0 Å². The summed E-state index contributed by atoms with van der Waals surface area (Å²) < 4.78 is 1.66. The van der Waals surface area contributed by atoms with E-state index in [2.05, 4.69) is 15.6 Å². The maximum Gasteiger partial charge on any atom is 0.287 e. The van der Waals surface area contributed by atoms with Crippen LogP contribution < -0.4 is 10.6 Å². The maximum absolute atomic E-state index is 12.2. The summed E-state index contributed by atoms with van der Waals surface area (Å²) in [5, 5.41) is 5.71. The van der Waals surface area contributed by atoms with Crippen LogP contribution in [-0.4, -0.2) is 33.3 Å². The molecule has 0 aromatic carbocycles. The SMILES string of the molecule is CC(C)NC(=O)c1nc(C(=O)NC2CC2)n2ccccc12. The summed E-state index contributed by atoms with van der Waals surface area (Å²) in [6.07, 6.45) is 3.77. The highest BCUT2D eigenvalue weighted by molar-refractivity contribution is 6.02. The van der Waals surface area contributed by atoms with Gasteiger partial charge < -0.3 is 10.6 Å². The molecule has 2 aromatic heterocycles. The van der Waals surface area contributed by atoms with Crippen molar-refractivity contribution >= 4 is 17.3 Å². The zero-order chi connectivity index (χ0) is 15.0. The first kappa shape index (κ1) is 13.6. The molecule has 21 heavy (non-hydrogen) atoms. The van der Waals surface area contributed by atoms with Crippen molar-refractivity contribution in [3.05, 3.63) is 35.9 Å². The molecule has 0 aliphatic heterocycles. The van der Waals surface area contributed by atoms with E-state index in [1.165, 1.54) is 0 Å². The van der Waals surface area contributed by atoms with E-state index in [0.717, 1.165) is 12.8 Å². The highest BCUT2D eigenvalue weighted by atomic mass is 16.2. The molecule has 2 amide bonds. The van der Waals surface area contributed by atoms with Gasteiger partial charge in [0, 0.05) is 18.3 Å². The molecular weight excluding hydrogens is 268 g/mol.